The molecule has 0 saturated carbocycles. The van der Waals surface area contributed by atoms with Crippen molar-refractivity contribution in [3.8, 4) is 0 Å². The van der Waals surface area contributed by atoms with Crippen molar-refractivity contribution in [1.82, 2.24) is 9.80 Å². The van der Waals surface area contributed by atoms with Gasteiger partial charge in [0.15, 0.2) is 0 Å². The molecule has 2 fully saturated rings. The largest absolute Gasteiger partial charge is 0.490 e. The van der Waals surface area contributed by atoms with Gasteiger partial charge < -0.3 is 28.1 Å². The fourth-order valence-electron chi connectivity index (χ4n) is 6.26. The molecule has 0 aliphatic carbocycles. The predicted molar refractivity (Wildman–Crippen MR) is 192 cm³/mol. The van der Waals surface area contributed by atoms with Crippen LogP contribution in [0.4, 0.5) is 9.59 Å². The van der Waals surface area contributed by atoms with Crippen molar-refractivity contribution in [3.63, 3.8) is 0 Å². The second kappa shape index (κ2) is 13.6. The highest BCUT2D eigenvalue weighted by molar-refractivity contribution is 6.55. The van der Waals surface area contributed by atoms with Crippen LogP contribution in [0.3, 0.4) is 0 Å². The van der Waals surface area contributed by atoms with Crippen molar-refractivity contribution in [1.29, 1.82) is 0 Å². The molecule has 12 heteroatoms. The molecule has 0 aromatic rings. The van der Waals surface area contributed by atoms with E-state index in [0.29, 0.717) is 0 Å². The number of carbonyl (C=O) groups is 2. The van der Waals surface area contributed by atoms with Gasteiger partial charge in [-0.25, -0.2) is 9.59 Å². The summed E-state index contributed by atoms with van der Waals surface area (Å²) in [4.78, 5) is 28.5. The second-order valence-electron chi connectivity index (χ2n) is 18.0. The van der Waals surface area contributed by atoms with Crippen LogP contribution in [-0.4, -0.2) is 94.0 Å². The summed E-state index contributed by atoms with van der Waals surface area (Å²) >= 11 is 0. The van der Waals surface area contributed by atoms with Gasteiger partial charge in [0.1, 0.15) is 11.2 Å². The lowest BCUT2D eigenvalue weighted by Gasteiger charge is -2.39. The lowest BCUT2D eigenvalue weighted by Crippen LogP contribution is -2.50. The maximum Gasteiger partial charge on any atom is 0.490 e. The van der Waals surface area contributed by atoms with E-state index in [2.05, 4.69) is 67.5 Å². The molecule has 0 aromatic heterocycles. The second-order valence-corrected chi connectivity index (χ2v) is 18.0. The highest BCUT2D eigenvalue weighted by Gasteiger charge is 2.54. The van der Waals surface area contributed by atoms with Crippen LogP contribution in [0.15, 0.2) is 23.1 Å². The minimum Gasteiger partial charge on any atom is -0.444 e. The van der Waals surface area contributed by atoms with Crippen molar-refractivity contribution >= 4 is 26.4 Å². The summed E-state index contributed by atoms with van der Waals surface area (Å²) in [5, 5.41) is 0. The molecule has 0 unspecified atom stereocenters. The van der Waals surface area contributed by atoms with Crippen LogP contribution in [0.2, 0.25) is 0 Å². The summed E-state index contributed by atoms with van der Waals surface area (Å²) in [7, 11) is -0.693. The minimum absolute atomic E-state index is 0.0360. The summed E-state index contributed by atoms with van der Waals surface area (Å²) in [5.41, 5.74) is -0.193. The molecule has 0 spiro atoms. The van der Waals surface area contributed by atoms with Gasteiger partial charge in [-0.15, -0.1) is 0 Å². The molecule has 0 N–H and O–H groups in total. The summed E-state index contributed by atoms with van der Waals surface area (Å²) in [6.07, 6.45) is 5.05. The molecule has 4 atom stereocenters. The zero-order chi connectivity index (χ0) is 37.0. The van der Waals surface area contributed by atoms with Gasteiger partial charge in [0.2, 0.25) is 0 Å². The molecular formula is C36H64B2N2O8. The molecule has 4 heterocycles. The Morgan fingerprint density at radius 2 is 0.854 bits per heavy atom. The van der Waals surface area contributed by atoms with E-state index in [1.54, 1.807) is 9.80 Å². The van der Waals surface area contributed by atoms with Gasteiger partial charge in [-0.2, -0.15) is 0 Å². The summed E-state index contributed by atoms with van der Waals surface area (Å²) < 4.78 is 35.7. The Labute approximate surface area is 291 Å². The Hall–Kier alpha value is -2.01. The first-order chi connectivity index (χ1) is 21.5. The fourth-order valence-corrected chi connectivity index (χ4v) is 6.26. The first-order valence-corrected chi connectivity index (χ1v) is 17.6. The quantitative estimate of drug-likeness (QED) is 0.273. The maximum atomic E-state index is 12.5. The lowest BCUT2D eigenvalue weighted by molar-refractivity contribution is 0.00578. The Balaban J connectivity index is 0.000000260. The van der Waals surface area contributed by atoms with Gasteiger partial charge in [0.05, 0.1) is 34.5 Å². The standard InChI is InChI=1S/2C18H32BNO4/c2*1-12-10-14(19-23-17(6,7)18(8,9)24-19)11-13(2)20(12)15(21)22-16(3,4)5/h2*10,12-13H,11H2,1-9H3/t2*12-,13-/m10/s1. The van der Waals surface area contributed by atoms with E-state index in [-0.39, 0.29) is 73.0 Å². The molecule has 10 nitrogen and oxygen atoms in total. The third kappa shape index (κ3) is 9.20. The van der Waals surface area contributed by atoms with Crippen molar-refractivity contribution in [2.24, 2.45) is 0 Å². The number of hydrogen-bond donors (Lipinski definition) is 0. The highest BCUT2D eigenvalue weighted by atomic mass is 16.7. The van der Waals surface area contributed by atoms with Crippen LogP contribution in [0.5, 0.6) is 0 Å². The van der Waals surface area contributed by atoms with Gasteiger partial charge in [-0.3, -0.25) is 9.80 Å². The number of amides is 2. The van der Waals surface area contributed by atoms with E-state index in [4.69, 9.17) is 28.1 Å². The monoisotopic (exact) mass is 674 g/mol. The van der Waals surface area contributed by atoms with Gasteiger partial charge in [0, 0.05) is 12.1 Å². The van der Waals surface area contributed by atoms with Crippen molar-refractivity contribution in [2.45, 2.75) is 195 Å². The zero-order valence-corrected chi connectivity index (χ0v) is 33.2. The third-order valence-corrected chi connectivity index (χ3v) is 10.1. The Kier molecular flexibility index (Phi) is 11.5. The molecule has 4 rings (SSSR count). The predicted octanol–water partition coefficient (Wildman–Crippen LogP) is 7.92. The molecule has 0 aromatic carbocycles. The smallest absolute Gasteiger partial charge is 0.444 e. The topological polar surface area (TPSA) is 96.0 Å². The van der Waals surface area contributed by atoms with Crippen molar-refractivity contribution in [3.05, 3.63) is 23.1 Å². The zero-order valence-electron chi connectivity index (χ0n) is 33.2. The number of rotatable bonds is 2. The van der Waals surface area contributed by atoms with Crippen molar-refractivity contribution in [2.75, 3.05) is 0 Å². The third-order valence-electron chi connectivity index (χ3n) is 10.1. The highest BCUT2D eigenvalue weighted by Crippen LogP contribution is 2.42. The Bertz CT molecular complexity index is 1140. The molecule has 0 bridgehead atoms. The van der Waals surface area contributed by atoms with E-state index in [1.807, 2.05) is 69.2 Å². The van der Waals surface area contributed by atoms with Crippen LogP contribution >= 0.6 is 0 Å². The van der Waals surface area contributed by atoms with E-state index < -0.39 is 11.2 Å². The molecular weight excluding hydrogens is 610 g/mol. The Morgan fingerprint density at radius 3 is 1.06 bits per heavy atom. The van der Waals surface area contributed by atoms with Crippen LogP contribution in [0.1, 0.15) is 137 Å². The van der Waals surface area contributed by atoms with Gasteiger partial charge in [-0.05, 0) is 148 Å². The normalized spacial score (nSPS) is 29.5. The molecule has 272 valence electrons. The van der Waals surface area contributed by atoms with Crippen LogP contribution in [0.25, 0.3) is 0 Å². The van der Waals surface area contributed by atoms with Crippen molar-refractivity contribution < 1.29 is 37.7 Å². The van der Waals surface area contributed by atoms with E-state index in [9.17, 15) is 9.59 Å². The first kappa shape index (κ1) is 40.4. The molecule has 48 heavy (non-hydrogen) atoms. The molecule has 2 amide bonds. The number of nitrogens with zero attached hydrogens (tertiary/aromatic N) is 2. The SMILES string of the molecule is C[C@@H]1C=C(B2OC(C)(C)C(C)(C)O2)C[C@@H](C)N1C(=O)OC(C)(C)C.C[C@H]1C=C(B2OC(C)(C)C(C)(C)O2)C[C@H](C)N1C(=O)OC(C)(C)C. The van der Waals surface area contributed by atoms with Crippen LogP contribution in [-0.2, 0) is 28.1 Å². The number of ether oxygens (including phenoxy) is 2. The minimum atomic E-state index is -0.494. The summed E-state index contributed by atoms with van der Waals surface area (Å²) in [6.45, 7) is 35.8. The van der Waals surface area contributed by atoms with E-state index in [0.717, 1.165) is 23.8 Å². The van der Waals surface area contributed by atoms with Crippen LogP contribution < -0.4 is 0 Å². The number of hydrogen-bond acceptors (Lipinski definition) is 8. The average molecular weight is 675 g/mol. The fraction of sp³-hybridized carbons (Fsp3) is 0.833. The number of carbonyl (C=O) groups excluding carboxylic acids is 2. The average Bonchev–Trinajstić information content (AvgIpc) is 3.20. The molecule has 0 radical (unpaired) electrons. The van der Waals surface area contributed by atoms with Gasteiger partial charge >= 0.3 is 26.4 Å². The van der Waals surface area contributed by atoms with Gasteiger partial charge in [-0.1, -0.05) is 12.2 Å². The summed E-state index contributed by atoms with van der Waals surface area (Å²) in [5.74, 6) is 0. The summed E-state index contributed by atoms with van der Waals surface area (Å²) in [6, 6.07) is -0.0435. The molecule has 2 saturated heterocycles. The first-order valence-electron chi connectivity index (χ1n) is 17.6. The van der Waals surface area contributed by atoms with Crippen LogP contribution in [0, 0.1) is 0 Å². The lowest BCUT2D eigenvalue weighted by atomic mass is 9.72. The maximum absolute atomic E-state index is 12.5. The van der Waals surface area contributed by atoms with Gasteiger partial charge in [0.25, 0.3) is 0 Å². The van der Waals surface area contributed by atoms with E-state index >= 15 is 0 Å². The molecule has 4 aliphatic heterocycles. The Morgan fingerprint density at radius 1 is 0.604 bits per heavy atom. The molecule has 4 aliphatic rings. The van der Waals surface area contributed by atoms with E-state index in [1.165, 1.54) is 0 Å².